The van der Waals surface area contributed by atoms with Crippen molar-refractivity contribution in [2.45, 2.75) is 37.0 Å². The first-order valence-electron chi connectivity index (χ1n) is 9.89. The van der Waals surface area contributed by atoms with Gasteiger partial charge in [-0.2, -0.15) is 0 Å². The predicted molar refractivity (Wildman–Crippen MR) is 109 cm³/mol. The minimum absolute atomic E-state index is 0.0293. The number of carbonyl (C=O) groups excluding carboxylic acids is 1. The molecule has 2 aliphatic rings. The molecule has 2 aromatic carbocycles. The molecule has 0 saturated heterocycles. The molecule has 5 heteroatoms. The number of sulfone groups is 1. The van der Waals surface area contributed by atoms with Crippen molar-refractivity contribution in [2.75, 3.05) is 12.9 Å². The molecule has 3 atom stereocenters. The summed E-state index contributed by atoms with van der Waals surface area (Å²) >= 11 is 0. The van der Waals surface area contributed by atoms with E-state index in [-0.39, 0.29) is 18.1 Å². The van der Waals surface area contributed by atoms with Crippen LogP contribution >= 0.6 is 0 Å². The largest absolute Gasteiger partial charge is 0.365 e. The standard InChI is InChI=1S/C23H26O4S/c1-28(25,26)23-19(13-18-9-5-6-10-20(18)23)14-21(24)22(27-15-16-11-12-16)17-7-3-2-4-8-17/h2-10,16,19,22-23H,11-15H2,1H3. The molecule has 4 rings (SSSR count). The van der Waals surface area contributed by atoms with E-state index in [4.69, 9.17) is 4.74 Å². The fourth-order valence-electron chi connectivity index (χ4n) is 4.29. The van der Waals surface area contributed by atoms with E-state index in [1.807, 2.05) is 54.6 Å². The van der Waals surface area contributed by atoms with E-state index in [0.29, 0.717) is 18.9 Å². The summed E-state index contributed by atoms with van der Waals surface area (Å²) in [5.74, 6) is 0.285. The number of hydrogen-bond acceptors (Lipinski definition) is 4. The van der Waals surface area contributed by atoms with Gasteiger partial charge >= 0.3 is 0 Å². The van der Waals surface area contributed by atoms with E-state index in [1.165, 1.54) is 6.26 Å². The van der Waals surface area contributed by atoms with Crippen LogP contribution in [0.4, 0.5) is 0 Å². The molecular weight excluding hydrogens is 372 g/mol. The Balaban J connectivity index is 1.56. The Morgan fingerprint density at radius 2 is 1.75 bits per heavy atom. The Labute approximate surface area is 166 Å². The summed E-state index contributed by atoms with van der Waals surface area (Å²) in [6, 6.07) is 17.2. The molecule has 28 heavy (non-hydrogen) atoms. The van der Waals surface area contributed by atoms with Gasteiger partial charge in [0.15, 0.2) is 15.6 Å². The van der Waals surface area contributed by atoms with Crippen molar-refractivity contribution in [3.05, 3.63) is 71.3 Å². The molecule has 0 heterocycles. The maximum Gasteiger partial charge on any atom is 0.166 e. The fourth-order valence-corrected chi connectivity index (χ4v) is 5.87. The number of rotatable bonds is 8. The summed E-state index contributed by atoms with van der Waals surface area (Å²) in [6.07, 6.45) is 3.79. The second-order valence-electron chi connectivity index (χ2n) is 8.15. The van der Waals surface area contributed by atoms with Crippen LogP contribution in [-0.4, -0.2) is 27.1 Å². The summed E-state index contributed by atoms with van der Waals surface area (Å²) < 4.78 is 31.0. The minimum Gasteiger partial charge on any atom is -0.365 e. The van der Waals surface area contributed by atoms with Gasteiger partial charge in [0.25, 0.3) is 0 Å². The van der Waals surface area contributed by atoms with E-state index in [9.17, 15) is 13.2 Å². The molecule has 4 nitrogen and oxygen atoms in total. The molecule has 0 N–H and O–H groups in total. The summed E-state index contributed by atoms with van der Waals surface area (Å²) in [5, 5.41) is -0.618. The van der Waals surface area contributed by atoms with Gasteiger partial charge in [-0.25, -0.2) is 8.42 Å². The lowest BCUT2D eigenvalue weighted by Gasteiger charge is -2.22. The summed E-state index contributed by atoms with van der Waals surface area (Å²) in [6.45, 7) is 0.589. The van der Waals surface area contributed by atoms with Crippen molar-refractivity contribution < 1.29 is 17.9 Å². The molecule has 0 aromatic heterocycles. The Bertz CT molecular complexity index is 948. The lowest BCUT2D eigenvalue weighted by Crippen LogP contribution is -2.24. The van der Waals surface area contributed by atoms with Crippen molar-refractivity contribution in [1.29, 1.82) is 0 Å². The van der Waals surface area contributed by atoms with E-state index >= 15 is 0 Å². The van der Waals surface area contributed by atoms with Crippen LogP contribution in [0.25, 0.3) is 0 Å². The van der Waals surface area contributed by atoms with Gasteiger partial charge in [-0.05, 0) is 47.8 Å². The SMILES string of the molecule is CS(=O)(=O)C1c2ccccc2CC1CC(=O)C(OCC1CC1)c1ccccc1. The Morgan fingerprint density at radius 1 is 1.07 bits per heavy atom. The Morgan fingerprint density at radius 3 is 2.43 bits per heavy atom. The molecule has 1 saturated carbocycles. The lowest BCUT2D eigenvalue weighted by molar-refractivity contribution is -0.132. The molecule has 1 fully saturated rings. The van der Waals surface area contributed by atoms with Gasteiger partial charge < -0.3 is 4.74 Å². The zero-order valence-electron chi connectivity index (χ0n) is 16.1. The molecule has 2 aliphatic carbocycles. The highest BCUT2D eigenvalue weighted by molar-refractivity contribution is 7.91. The second-order valence-corrected chi connectivity index (χ2v) is 10.3. The van der Waals surface area contributed by atoms with Crippen molar-refractivity contribution >= 4 is 15.6 Å². The number of Topliss-reactive ketones (excluding diaryl/α,β-unsaturated/α-hetero) is 1. The molecule has 0 spiro atoms. The fraction of sp³-hybridized carbons (Fsp3) is 0.435. The molecule has 0 aliphatic heterocycles. The molecule has 2 aromatic rings. The van der Waals surface area contributed by atoms with Crippen LogP contribution in [-0.2, 0) is 25.8 Å². The highest BCUT2D eigenvalue weighted by atomic mass is 32.2. The third-order valence-corrected chi connectivity index (χ3v) is 7.35. The summed E-state index contributed by atoms with van der Waals surface area (Å²) in [5.41, 5.74) is 2.73. The number of ketones is 1. The number of benzene rings is 2. The van der Waals surface area contributed by atoms with Gasteiger partial charge in [0.1, 0.15) is 6.10 Å². The third-order valence-electron chi connectivity index (χ3n) is 5.79. The Kier molecular flexibility index (Phi) is 5.39. The number of ether oxygens (including phenoxy) is 1. The molecule has 0 bridgehead atoms. The number of fused-ring (bicyclic) bond motifs is 1. The summed E-state index contributed by atoms with van der Waals surface area (Å²) in [7, 11) is -3.31. The van der Waals surface area contributed by atoms with Crippen molar-refractivity contribution in [1.82, 2.24) is 0 Å². The average Bonchev–Trinajstić information content (AvgIpc) is 3.40. The maximum absolute atomic E-state index is 13.2. The molecular formula is C23H26O4S. The minimum atomic E-state index is -3.31. The quantitative estimate of drug-likeness (QED) is 0.672. The van der Waals surface area contributed by atoms with Crippen molar-refractivity contribution in [3.63, 3.8) is 0 Å². The van der Waals surface area contributed by atoms with Crippen LogP contribution in [0, 0.1) is 11.8 Å². The smallest absolute Gasteiger partial charge is 0.166 e. The monoisotopic (exact) mass is 398 g/mol. The van der Waals surface area contributed by atoms with Crippen LogP contribution in [0.15, 0.2) is 54.6 Å². The molecule has 3 unspecified atom stereocenters. The van der Waals surface area contributed by atoms with E-state index < -0.39 is 21.2 Å². The zero-order chi connectivity index (χ0) is 19.7. The van der Waals surface area contributed by atoms with E-state index in [1.54, 1.807) is 0 Å². The first-order valence-corrected chi connectivity index (χ1v) is 11.8. The van der Waals surface area contributed by atoms with Gasteiger partial charge in [0, 0.05) is 12.7 Å². The highest BCUT2D eigenvalue weighted by Gasteiger charge is 2.41. The van der Waals surface area contributed by atoms with Crippen LogP contribution in [0.5, 0.6) is 0 Å². The van der Waals surface area contributed by atoms with E-state index in [0.717, 1.165) is 29.5 Å². The van der Waals surface area contributed by atoms with Crippen LogP contribution in [0.2, 0.25) is 0 Å². The van der Waals surface area contributed by atoms with Crippen LogP contribution in [0.3, 0.4) is 0 Å². The highest BCUT2D eigenvalue weighted by Crippen LogP contribution is 2.44. The first-order chi connectivity index (χ1) is 13.4. The maximum atomic E-state index is 13.2. The molecule has 0 radical (unpaired) electrons. The number of carbonyl (C=O) groups is 1. The van der Waals surface area contributed by atoms with E-state index in [2.05, 4.69) is 0 Å². The summed E-state index contributed by atoms with van der Waals surface area (Å²) in [4.78, 5) is 13.2. The van der Waals surface area contributed by atoms with Crippen molar-refractivity contribution in [3.8, 4) is 0 Å². The predicted octanol–water partition coefficient (Wildman–Crippen LogP) is 4.07. The zero-order valence-corrected chi connectivity index (χ0v) is 16.9. The van der Waals surface area contributed by atoms with Gasteiger partial charge in [0.05, 0.1) is 11.9 Å². The first kappa shape index (κ1) is 19.3. The van der Waals surface area contributed by atoms with Gasteiger partial charge in [0.2, 0.25) is 0 Å². The van der Waals surface area contributed by atoms with Gasteiger partial charge in [-0.3, -0.25) is 4.79 Å². The molecule has 148 valence electrons. The van der Waals surface area contributed by atoms with Gasteiger partial charge in [-0.15, -0.1) is 0 Å². The second kappa shape index (κ2) is 7.80. The van der Waals surface area contributed by atoms with Crippen LogP contribution < -0.4 is 0 Å². The van der Waals surface area contributed by atoms with Crippen LogP contribution in [0.1, 0.15) is 47.3 Å². The average molecular weight is 399 g/mol. The molecule has 0 amide bonds. The lowest BCUT2D eigenvalue weighted by atomic mass is 9.94. The normalized spacial score (nSPS) is 22.6. The number of hydrogen-bond donors (Lipinski definition) is 0. The Hall–Kier alpha value is -1.98. The van der Waals surface area contributed by atoms with Crippen molar-refractivity contribution in [2.24, 2.45) is 11.8 Å². The topological polar surface area (TPSA) is 60.4 Å². The van der Waals surface area contributed by atoms with Gasteiger partial charge in [-0.1, -0.05) is 54.6 Å². The third kappa shape index (κ3) is 4.20.